The fourth-order valence-electron chi connectivity index (χ4n) is 8.73. The number of aliphatic hydroxyl groups excluding tert-OH is 1. The van der Waals surface area contributed by atoms with Crippen molar-refractivity contribution in [1.29, 1.82) is 0 Å². The zero-order chi connectivity index (χ0) is 69.0. The van der Waals surface area contributed by atoms with Gasteiger partial charge in [0.05, 0.1) is 32.8 Å². The molecule has 94 heavy (non-hydrogen) atoms. The molecule has 5 atom stereocenters. The molecule has 0 aromatic carbocycles. The third-order valence-electron chi connectivity index (χ3n) is 14.1. The van der Waals surface area contributed by atoms with E-state index in [1.165, 1.54) is 38.5 Å². The molecule has 0 saturated carbocycles. The minimum absolute atomic E-state index is 0.0193. The molecule has 0 fully saturated rings. The fourth-order valence-corrected chi connectivity index (χ4v) is 10.3. The lowest BCUT2D eigenvalue weighted by Gasteiger charge is -2.21. The minimum Gasteiger partial charge on any atom is -0.462 e. The Hall–Kier alpha value is -4.80. The second-order valence-corrected chi connectivity index (χ2v) is 26.0. The molecule has 0 aliphatic rings. The Bertz CT molecular complexity index is 2310. The monoisotopic (exact) mass is 1360 g/mol. The van der Waals surface area contributed by atoms with Gasteiger partial charge in [0.2, 0.25) is 0 Å². The predicted octanol–water partition coefficient (Wildman–Crippen LogP) is 19.8. The number of esters is 4. The molecular formula is C75H124O17P2. The summed E-state index contributed by atoms with van der Waals surface area (Å²) in [5.74, 6) is -2.40. The van der Waals surface area contributed by atoms with Crippen molar-refractivity contribution in [3.63, 3.8) is 0 Å². The van der Waals surface area contributed by atoms with E-state index >= 15 is 0 Å². The molecule has 0 radical (unpaired) electrons. The zero-order valence-electron chi connectivity index (χ0n) is 58.1. The number of ether oxygens (including phenoxy) is 4. The third-order valence-corrected chi connectivity index (χ3v) is 16.0. The number of hydrogen-bond donors (Lipinski definition) is 3. The van der Waals surface area contributed by atoms with Crippen molar-refractivity contribution in [2.75, 3.05) is 39.6 Å². The van der Waals surface area contributed by atoms with Crippen LogP contribution in [0.2, 0.25) is 0 Å². The number of unbranched alkanes of at least 4 members (excludes halogenated alkanes) is 18. The molecule has 0 spiro atoms. The lowest BCUT2D eigenvalue weighted by Crippen LogP contribution is -2.30. The van der Waals surface area contributed by atoms with Crippen LogP contribution < -0.4 is 0 Å². The highest BCUT2D eigenvalue weighted by Crippen LogP contribution is 2.45. The highest BCUT2D eigenvalue weighted by atomic mass is 31.2. The molecule has 0 aromatic heterocycles. The Kier molecular flexibility index (Phi) is 63.4. The molecule has 17 nitrogen and oxygen atoms in total. The molecule has 19 heteroatoms. The van der Waals surface area contributed by atoms with Gasteiger partial charge >= 0.3 is 39.5 Å². The molecule has 0 heterocycles. The van der Waals surface area contributed by atoms with E-state index in [-0.39, 0.29) is 25.7 Å². The van der Waals surface area contributed by atoms with Gasteiger partial charge in [-0.05, 0) is 135 Å². The fraction of sp³-hybridized carbons (Fsp3) is 0.653. The summed E-state index contributed by atoms with van der Waals surface area (Å²) >= 11 is 0. The van der Waals surface area contributed by atoms with Crippen LogP contribution in [-0.2, 0) is 65.4 Å². The number of carbonyl (C=O) groups excluding carboxylic acids is 4. The van der Waals surface area contributed by atoms with Gasteiger partial charge in [0.1, 0.15) is 19.3 Å². The standard InChI is InChI=1S/C75H124O17P2/c1-5-9-13-17-21-25-29-32-34-37-41-44-48-52-56-60-73(78)86-66-71(92-75(80)62-58-54-50-46-42-38-35-33-30-26-22-18-14-10-6-2)68-90-94(83,84)88-64-69(76)63-87-93(81,82)89-67-70(91-74(79)61-57-53-49-45-39-28-24-20-16-12-8-4)65-85-72(77)59-55-51-47-43-40-36-31-27-23-19-15-11-7-3/h9-10,13-14,20-22,24-27,31-35,41-42,44,46,52,56,69-71,76H,5-8,11-12,15-19,23,28-30,36-40,43,45,47-51,53-55,57-68H2,1-4H3,(H,81,82)(H,83,84)/b13-9-,14-10-,24-20-,25-21-,26-22-,31-27-,34-32-,35-33-,44-41-,46-42-,56-52-. The van der Waals surface area contributed by atoms with Crippen molar-refractivity contribution >= 4 is 39.5 Å². The molecule has 0 saturated heterocycles. The van der Waals surface area contributed by atoms with Crippen molar-refractivity contribution in [2.45, 2.75) is 277 Å². The maximum atomic E-state index is 13.0. The molecule has 5 unspecified atom stereocenters. The number of phosphoric acid groups is 2. The molecular weight excluding hydrogens is 1230 g/mol. The molecule has 0 aromatic rings. The van der Waals surface area contributed by atoms with E-state index < -0.39 is 97.5 Å². The molecule has 0 rings (SSSR count). The summed E-state index contributed by atoms with van der Waals surface area (Å²) in [6, 6.07) is 0. The van der Waals surface area contributed by atoms with Crippen molar-refractivity contribution in [3.8, 4) is 0 Å². The lowest BCUT2D eigenvalue weighted by atomic mass is 10.1. The van der Waals surface area contributed by atoms with Crippen molar-refractivity contribution < 1.29 is 80.2 Å². The number of aliphatic hydroxyl groups is 1. The average Bonchev–Trinajstić information content (AvgIpc) is 1.36. The number of allylic oxidation sites excluding steroid dienone is 21. The Morgan fingerprint density at radius 3 is 1.01 bits per heavy atom. The van der Waals surface area contributed by atoms with E-state index in [0.717, 1.165) is 135 Å². The van der Waals surface area contributed by atoms with Crippen LogP contribution in [0.5, 0.6) is 0 Å². The predicted molar refractivity (Wildman–Crippen MR) is 381 cm³/mol. The first-order valence-electron chi connectivity index (χ1n) is 35.4. The summed E-state index contributed by atoms with van der Waals surface area (Å²) in [5.41, 5.74) is 0. The van der Waals surface area contributed by atoms with Crippen LogP contribution in [0.15, 0.2) is 134 Å². The quantitative estimate of drug-likeness (QED) is 0.0169. The van der Waals surface area contributed by atoms with Gasteiger partial charge < -0.3 is 33.8 Å². The number of hydrogen-bond acceptors (Lipinski definition) is 15. The van der Waals surface area contributed by atoms with E-state index in [1.807, 2.05) is 24.3 Å². The smallest absolute Gasteiger partial charge is 0.462 e. The summed E-state index contributed by atoms with van der Waals surface area (Å²) in [4.78, 5) is 72.5. The Labute approximate surface area is 567 Å². The van der Waals surface area contributed by atoms with E-state index in [1.54, 1.807) is 6.08 Å². The Morgan fingerprint density at radius 2 is 0.606 bits per heavy atom. The largest absolute Gasteiger partial charge is 0.472 e. The highest BCUT2D eigenvalue weighted by Gasteiger charge is 2.30. The Balaban J connectivity index is 5.46. The molecule has 0 bridgehead atoms. The van der Waals surface area contributed by atoms with Crippen LogP contribution >= 0.6 is 15.6 Å². The van der Waals surface area contributed by atoms with Gasteiger partial charge in [0.15, 0.2) is 12.2 Å². The average molecular weight is 1360 g/mol. The van der Waals surface area contributed by atoms with Gasteiger partial charge in [0, 0.05) is 19.3 Å². The van der Waals surface area contributed by atoms with E-state index in [4.69, 9.17) is 37.0 Å². The van der Waals surface area contributed by atoms with Crippen LogP contribution in [-0.4, -0.2) is 96.7 Å². The topological polar surface area (TPSA) is 237 Å². The van der Waals surface area contributed by atoms with Gasteiger partial charge in [-0.25, -0.2) is 9.13 Å². The first kappa shape index (κ1) is 89.2. The third kappa shape index (κ3) is 65.8. The van der Waals surface area contributed by atoms with Crippen LogP contribution in [0, 0.1) is 0 Å². The van der Waals surface area contributed by atoms with Gasteiger partial charge in [-0.3, -0.25) is 37.3 Å². The van der Waals surface area contributed by atoms with Gasteiger partial charge in [-0.15, -0.1) is 0 Å². The summed E-state index contributed by atoms with van der Waals surface area (Å²) in [7, 11) is -9.99. The first-order chi connectivity index (χ1) is 45.7. The van der Waals surface area contributed by atoms with E-state index in [0.29, 0.717) is 32.1 Å². The summed E-state index contributed by atoms with van der Waals surface area (Å²) < 4.78 is 68.0. The minimum atomic E-state index is -5.00. The van der Waals surface area contributed by atoms with Crippen LogP contribution in [0.25, 0.3) is 0 Å². The second kappa shape index (κ2) is 66.8. The second-order valence-electron chi connectivity index (χ2n) is 23.1. The first-order valence-corrected chi connectivity index (χ1v) is 38.4. The lowest BCUT2D eigenvalue weighted by molar-refractivity contribution is -0.161. The van der Waals surface area contributed by atoms with Crippen LogP contribution in [0.3, 0.4) is 0 Å². The SMILES string of the molecule is CC/C=C\C/C=C\C/C=C\C/C=C\C/C=C\CC(=O)OCC(COP(=O)(O)OCC(O)COP(=O)(O)OCC(COC(=O)CCCCCCC/C=C\CCCCCC)OC(=O)CCCCCCC/C=C\CCCC)OC(=O)CCCC/C=C\C/C=C\C/C=C\C/C=C\CC. The highest BCUT2D eigenvalue weighted by molar-refractivity contribution is 7.47. The molecule has 0 aliphatic carbocycles. The maximum absolute atomic E-state index is 13.0. The summed E-state index contributed by atoms with van der Waals surface area (Å²) in [5, 5.41) is 10.6. The molecule has 536 valence electrons. The number of rotatable bonds is 65. The molecule has 0 amide bonds. The van der Waals surface area contributed by atoms with E-state index in [2.05, 4.69) is 131 Å². The van der Waals surface area contributed by atoms with Crippen molar-refractivity contribution in [3.05, 3.63) is 134 Å². The summed E-state index contributed by atoms with van der Waals surface area (Å²) in [6.45, 7) is 4.36. The van der Waals surface area contributed by atoms with Crippen molar-refractivity contribution in [1.82, 2.24) is 0 Å². The number of carbonyl (C=O) groups is 4. The normalized spacial score (nSPS) is 14.8. The maximum Gasteiger partial charge on any atom is 0.472 e. The van der Waals surface area contributed by atoms with Crippen LogP contribution in [0.4, 0.5) is 0 Å². The van der Waals surface area contributed by atoms with Crippen LogP contribution in [0.1, 0.15) is 259 Å². The van der Waals surface area contributed by atoms with Gasteiger partial charge in [0.25, 0.3) is 0 Å². The Morgan fingerprint density at radius 1 is 0.319 bits per heavy atom. The zero-order valence-corrected chi connectivity index (χ0v) is 59.9. The van der Waals surface area contributed by atoms with E-state index in [9.17, 15) is 43.2 Å². The van der Waals surface area contributed by atoms with Gasteiger partial charge in [-0.2, -0.15) is 0 Å². The van der Waals surface area contributed by atoms with Crippen molar-refractivity contribution in [2.24, 2.45) is 0 Å². The molecule has 3 N–H and O–H groups in total. The number of phosphoric ester groups is 2. The molecule has 0 aliphatic heterocycles. The summed E-state index contributed by atoms with van der Waals surface area (Å²) in [6.07, 6.45) is 72.2. The van der Waals surface area contributed by atoms with Gasteiger partial charge in [-0.1, -0.05) is 232 Å².